The van der Waals surface area contributed by atoms with E-state index in [0.717, 1.165) is 18.7 Å². The van der Waals surface area contributed by atoms with Crippen LogP contribution in [0.4, 0.5) is 5.69 Å². The molecule has 6 nitrogen and oxygen atoms in total. The van der Waals surface area contributed by atoms with Gasteiger partial charge in [-0.25, -0.2) is 0 Å². The predicted molar refractivity (Wildman–Crippen MR) is 102 cm³/mol. The highest BCUT2D eigenvalue weighted by Crippen LogP contribution is 2.20. The first kappa shape index (κ1) is 18.4. The van der Waals surface area contributed by atoms with E-state index in [1.807, 2.05) is 20.0 Å². The number of anilines is 1. The Morgan fingerprint density at radius 3 is 2.46 bits per heavy atom. The molecule has 2 aromatic rings. The summed E-state index contributed by atoms with van der Waals surface area (Å²) >= 11 is 6.09. The van der Waals surface area contributed by atoms with Crippen LogP contribution in [0.2, 0.25) is 5.02 Å². The molecule has 1 fully saturated rings. The lowest BCUT2D eigenvalue weighted by atomic mass is 10.1. The number of carbonyl (C=O) groups excluding carboxylic acids is 2. The van der Waals surface area contributed by atoms with E-state index in [1.54, 1.807) is 23.1 Å². The van der Waals surface area contributed by atoms with Crippen LogP contribution in [-0.2, 0) is 0 Å². The quantitative estimate of drug-likeness (QED) is 0.899. The Morgan fingerprint density at radius 1 is 1.08 bits per heavy atom. The zero-order valence-electron chi connectivity index (χ0n) is 14.8. The Hall–Kier alpha value is -2.44. The van der Waals surface area contributed by atoms with Gasteiger partial charge in [-0.1, -0.05) is 17.7 Å². The number of nitrogens with zero attached hydrogens (tertiary/aromatic N) is 3. The zero-order chi connectivity index (χ0) is 18.7. The van der Waals surface area contributed by atoms with Crippen LogP contribution in [0.5, 0.6) is 0 Å². The Bertz CT molecular complexity index is 832. The summed E-state index contributed by atoms with van der Waals surface area (Å²) < 4.78 is 0. The molecule has 0 aliphatic carbocycles. The van der Waals surface area contributed by atoms with Crippen molar-refractivity contribution in [2.24, 2.45) is 0 Å². The van der Waals surface area contributed by atoms with Crippen LogP contribution in [0.3, 0.4) is 0 Å². The van der Waals surface area contributed by atoms with Crippen molar-refractivity contribution >= 4 is 29.1 Å². The molecular weight excluding hydrogens is 352 g/mol. The highest BCUT2D eigenvalue weighted by atomic mass is 35.5. The van der Waals surface area contributed by atoms with Gasteiger partial charge in [-0.05, 0) is 37.7 Å². The predicted octanol–water partition coefficient (Wildman–Crippen LogP) is 2.68. The van der Waals surface area contributed by atoms with Crippen molar-refractivity contribution in [1.29, 1.82) is 0 Å². The fraction of sp³-hybridized carbons (Fsp3) is 0.316. The SMILES string of the molecule is Cc1ccc(NC(=O)c2cncc(C(=O)N3CCN(C)CC3)c2)cc1Cl. The van der Waals surface area contributed by atoms with Gasteiger partial charge in [0.1, 0.15) is 0 Å². The minimum Gasteiger partial charge on any atom is -0.336 e. The fourth-order valence-electron chi connectivity index (χ4n) is 2.75. The number of rotatable bonds is 3. The first-order chi connectivity index (χ1) is 12.4. The number of hydrogen-bond donors (Lipinski definition) is 1. The summed E-state index contributed by atoms with van der Waals surface area (Å²) in [6, 6.07) is 6.90. The number of aromatic nitrogens is 1. The number of carbonyl (C=O) groups is 2. The summed E-state index contributed by atoms with van der Waals surface area (Å²) in [6.45, 7) is 4.92. The van der Waals surface area contributed by atoms with Crippen LogP contribution in [0.25, 0.3) is 0 Å². The average molecular weight is 373 g/mol. The summed E-state index contributed by atoms with van der Waals surface area (Å²) in [7, 11) is 2.03. The van der Waals surface area contributed by atoms with Crippen molar-refractivity contribution < 1.29 is 9.59 Å². The standard InChI is InChI=1S/C19H21ClN4O2/c1-13-3-4-16(10-17(13)20)22-18(25)14-9-15(12-21-11-14)19(26)24-7-5-23(2)6-8-24/h3-4,9-12H,5-8H2,1-2H3,(H,22,25). The molecule has 1 aliphatic rings. The van der Waals surface area contributed by atoms with Gasteiger partial charge in [0.25, 0.3) is 11.8 Å². The molecule has 3 rings (SSSR count). The number of piperazine rings is 1. The van der Waals surface area contributed by atoms with Gasteiger partial charge in [-0.2, -0.15) is 0 Å². The molecule has 0 spiro atoms. The number of halogens is 1. The zero-order valence-corrected chi connectivity index (χ0v) is 15.6. The monoisotopic (exact) mass is 372 g/mol. The Balaban J connectivity index is 1.72. The number of pyridine rings is 1. The molecule has 7 heteroatoms. The second kappa shape index (κ2) is 7.85. The Kier molecular flexibility index (Phi) is 5.54. The molecule has 0 bridgehead atoms. The fourth-order valence-corrected chi connectivity index (χ4v) is 2.93. The maximum absolute atomic E-state index is 12.6. The van der Waals surface area contributed by atoms with Crippen molar-refractivity contribution in [3.8, 4) is 0 Å². The van der Waals surface area contributed by atoms with Crippen molar-refractivity contribution in [2.75, 3.05) is 38.5 Å². The number of benzene rings is 1. The van der Waals surface area contributed by atoms with E-state index in [0.29, 0.717) is 34.9 Å². The molecule has 2 heterocycles. The van der Waals surface area contributed by atoms with Gasteiger partial charge in [0.2, 0.25) is 0 Å². The average Bonchev–Trinajstić information content (AvgIpc) is 2.65. The van der Waals surface area contributed by atoms with Gasteiger partial charge in [0, 0.05) is 49.3 Å². The van der Waals surface area contributed by atoms with Crippen LogP contribution >= 0.6 is 11.6 Å². The first-order valence-corrected chi connectivity index (χ1v) is 8.82. The van der Waals surface area contributed by atoms with Crippen molar-refractivity contribution in [3.63, 3.8) is 0 Å². The van der Waals surface area contributed by atoms with Crippen LogP contribution in [0.15, 0.2) is 36.7 Å². The lowest BCUT2D eigenvalue weighted by molar-refractivity contribution is 0.0663. The third-order valence-corrected chi connectivity index (χ3v) is 4.87. The summed E-state index contributed by atoms with van der Waals surface area (Å²) in [5.41, 5.74) is 2.29. The number of nitrogens with one attached hydrogen (secondary N) is 1. The van der Waals surface area contributed by atoms with E-state index in [2.05, 4.69) is 15.2 Å². The van der Waals surface area contributed by atoms with Crippen LogP contribution in [0.1, 0.15) is 26.3 Å². The topological polar surface area (TPSA) is 65.5 Å². The normalized spacial score (nSPS) is 15.0. The van der Waals surface area contributed by atoms with E-state index in [4.69, 9.17) is 11.6 Å². The molecule has 0 unspecified atom stereocenters. The Labute approximate surface area is 157 Å². The summed E-state index contributed by atoms with van der Waals surface area (Å²) in [5, 5.41) is 3.37. The smallest absolute Gasteiger partial charge is 0.257 e. The third-order valence-electron chi connectivity index (χ3n) is 4.47. The van der Waals surface area contributed by atoms with Crippen molar-refractivity contribution in [2.45, 2.75) is 6.92 Å². The van der Waals surface area contributed by atoms with E-state index < -0.39 is 0 Å². The molecule has 1 aliphatic heterocycles. The maximum atomic E-state index is 12.6. The molecule has 136 valence electrons. The molecule has 0 atom stereocenters. The molecule has 1 N–H and O–H groups in total. The molecule has 0 radical (unpaired) electrons. The Morgan fingerprint density at radius 2 is 1.77 bits per heavy atom. The molecular formula is C19H21ClN4O2. The van der Waals surface area contributed by atoms with Gasteiger partial charge in [0.15, 0.2) is 0 Å². The van der Waals surface area contributed by atoms with Crippen molar-refractivity contribution in [1.82, 2.24) is 14.8 Å². The highest BCUT2D eigenvalue weighted by Gasteiger charge is 2.21. The summed E-state index contributed by atoms with van der Waals surface area (Å²) in [6.07, 6.45) is 2.95. The second-order valence-corrected chi connectivity index (χ2v) is 6.88. The van der Waals surface area contributed by atoms with E-state index in [-0.39, 0.29) is 11.8 Å². The number of likely N-dealkylation sites (N-methyl/N-ethyl adjacent to an activating group) is 1. The maximum Gasteiger partial charge on any atom is 0.257 e. The van der Waals surface area contributed by atoms with E-state index in [9.17, 15) is 9.59 Å². The number of amides is 2. The lowest BCUT2D eigenvalue weighted by Crippen LogP contribution is -2.47. The molecule has 1 saturated heterocycles. The second-order valence-electron chi connectivity index (χ2n) is 6.48. The van der Waals surface area contributed by atoms with Crippen LogP contribution < -0.4 is 5.32 Å². The number of hydrogen-bond acceptors (Lipinski definition) is 4. The molecule has 2 amide bonds. The van der Waals surface area contributed by atoms with Gasteiger partial charge in [-0.15, -0.1) is 0 Å². The minimum atomic E-state index is -0.328. The largest absolute Gasteiger partial charge is 0.336 e. The van der Waals surface area contributed by atoms with Gasteiger partial charge in [-0.3, -0.25) is 14.6 Å². The highest BCUT2D eigenvalue weighted by molar-refractivity contribution is 6.31. The van der Waals surface area contributed by atoms with Gasteiger partial charge >= 0.3 is 0 Å². The van der Waals surface area contributed by atoms with Crippen LogP contribution in [0, 0.1) is 6.92 Å². The molecule has 1 aromatic heterocycles. The first-order valence-electron chi connectivity index (χ1n) is 8.44. The van der Waals surface area contributed by atoms with Gasteiger partial charge in [0.05, 0.1) is 11.1 Å². The molecule has 26 heavy (non-hydrogen) atoms. The minimum absolute atomic E-state index is 0.0985. The van der Waals surface area contributed by atoms with Gasteiger partial charge < -0.3 is 15.1 Å². The van der Waals surface area contributed by atoms with E-state index in [1.165, 1.54) is 12.4 Å². The molecule has 1 aromatic carbocycles. The molecule has 0 saturated carbocycles. The van der Waals surface area contributed by atoms with Crippen molar-refractivity contribution in [3.05, 3.63) is 58.4 Å². The number of aryl methyl sites for hydroxylation is 1. The lowest BCUT2D eigenvalue weighted by Gasteiger charge is -2.32. The summed E-state index contributed by atoms with van der Waals surface area (Å²) in [4.78, 5) is 33.2. The summed E-state index contributed by atoms with van der Waals surface area (Å²) in [5.74, 6) is -0.427. The van der Waals surface area contributed by atoms with E-state index >= 15 is 0 Å². The third kappa shape index (κ3) is 4.20. The van der Waals surface area contributed by atoms with Crippen LogP contribution in [-0.4, -0.2) is 59.8 Å².